The van der Waals surface area contributed by atoms with Gasteiger partial charge in [-0.3, -0.25) is 4.79 Å². The Balaban J connectivity index is 0.00000392. The van der Waals surface area contributed by atoms with Crippen molar-refractivity contribution in [2.24, 2.45) is 4.99 Å². The third-order valence-electron chi connectivity index (χ3n) is 4.11. The lowest BCUT2D eigenvalue weighted by molar-refractivity contribution is -0.130. The minimum atomic E-state index is 0. The van der Waals surface area contributed by atoms with Crippen molar-refractivity contribution in [3.8, 4) is 0 Å². The third-order valence-corrected chi connectivity index (χ3v) is 5.17. The van der Waals surface area contributed by atoms with Crippen molar-refractivity contribution < 1.29 is 4.79 Å². The molecule has 0 fully saturated rings. The molecule has 2 rings (SSSR count). The van der Waals surface area contributed by atoms with Crippen LogP contribution in [0.15, 0.2) is 35.3 Å². The van der Waals surface area contributed by atoms with Crippen molar-refractivity contribution in [1.29, 1.82) is 0 Å². The maximum atomic E-state index is 12.3. The fraction of sp³-hybridized carbons (Fsp3) is 0.450. The number of aryl methyl sites for hydroxylation is 2. The van der Waals surface area contributed by atoms with Crippen LogP contribution in [0.5, 0.6) is 0 Å². The van der Waals surface area contributed by atoms with Crippen molar-refractivity contribution in [1.82, 2.24) is 20.5 Å². The van der Waals surface area contributed by atoms with Gasteiger partial charge in [0.25, 0.3) is 0 Å². The molecule has 0 spiro atoms. The fourth-order valence-corrected chi connectivity index (χ4v) is 3.38. The summed E-state index contributed by atoms with van der Waals surface area (Å²) in [5.74, 6) is 0.815. The maximum Gasteiger partial charge on any atom is 0.224 e. The van der Waals surface area contributed by atoms with E-state index >= 15 is 0 Å². The number of nitrogens with zero attached hydrogens (tertiary/aromatic N) is 3. The van der Waals surface area contributed by atoms with Gasteiger partial charge >= 0.3 is 0 Å². The minimum absolute atomic E-state index is 0. The third kappa shape index (κ3) is 8.14. The number of halogens is 1. The number of aliphatic imine (C=N–C) groups is 1. The SMILES string of the molecule is CCNC(=NCc1nc(C)c(C)s1)NCCC(=O)N(C)Cc1ccccc1.I. The number of aromatic nitrogens is 1. The average Bonchev–Trinajstić information content (AvgIpc) is 2.98. The summed E-state index contributed by atoms with van der Waals surface area (Å²) in [7, 11) is 1.84. The van der Waals surface area contributed by atoms with E-state index in [4.69, 9.17) is 0 Å². The van der Waals surface area contributed by atoms with Gasteiger partial charge in [-0.15, -0.1) is 35.3 Å². The number of rotatable bonds is 8. The van der Waals surface area contributed by atoms with Crippen LogP contribution >= 0.6 is 35.3 Å². The zero-order valence-electron chi connectivity index (χ0n) is 17.0. The first kappa shape index (κ1) is 24.4. The van der Waals surface area contributed by atoms with Gasteiger partial charge in [-0.2, -0.15) is 0 Å². The quantitative estimate of drug-likeness (QED) is 0.321. The van der Waals surface area contributed by atoms with Crippen LogP contribution in [0.2, 0.25) is 0 Å². The van der Waals surface area contributed by atoms with Crippen LogP contribution in [0.4, 0.5) is 0 Å². The van der Waals surface area contributed by atoms with E-state index in [-0.39, 0.29) is 29.9 Å². The number of carbonyl (C=O) groups is 1. The molecule has 8 heteroatoms. The standard InChI is InChI=1S/C20H29N5OS.HI/c1-5-21-20(23-13-18-24-15(2)16(3)27-18)22-12-11-19(26)25(4)14-17-9-7-6-8-10-17;/h6-10H,5,11-14H2,1-4H3,(H2,21,22,23);1H. The Kier molecular flexibility index (Phi) is 11.1. The van der Waals surface area contributed by atoms with Crippen LogP contribution in [-0.4, -0.2) is 41.9 Å². The summed E-state index contributed by atoms with van der Waals surface area (Å²) < 4.78 is 0. The molecule has 0 bridgehead atoms. The predicted octanol–water partition coefficient (Wildman–Crippen LogP) is 3.48. The fourth-order valence-electron chi connectivity index (χ4n) is 2.52. The van der Waals surface area contributed by atoms with Crippen LogP contribution in [0.25, 0.3) is 0 Å². The Morgan fingerprint density at radius 1 is 1.21 bits per heavy atom. The molecular weight excluding hydrogens is 485 g/mol. The molecule has 2 N–H and O–H groups in total. The van der Waals surface area contributed by atoms with Crippen molar-refractivity contribution in [2.45, 2.75) is 40.3 Å². The summed E-state index contributed by atoms with van der Waals surface area (Å²) in [6.07, 6.45) is 0.420. The lowest BCUT2D eigenvalue weighted by atomic mass is 10.2. The van der Waals surface area contributed by atoms with Crippen molar-refractivity contribution in [2.75, 3.05) is 20.1 Å². The highest BCUT2D eigenvalue weighted by atomic mass is 127. The largest absolute Gasteiger partial charge is 0.357 e. The molecule has 0 aliphatic heterocycles. The van der Waals surface area contributed by atoms with E-state index in [1.165, 1.54) is 4.88 Å². The van der Waals surface area contributed by atoms with E-state index in [1.54, 1.807) is 16.2 Å². The van der Waals surface area contributed by atoms with E-state index in [1.807, 2.05) is 51.2 Å². The number of hydrogen-bond acceptors (Lipinski definition) is 4. The highest BCUT2D eigenvalue weighted by molar-refractivity contribution is 14.0. The summed E-state index contributed by atoms with van der Waals surface area (Å²) in [5.41, 5.74) is 2.19. The van der Waals surface area contributed by atoms with E-state index < -0.39 is 0 Å². The normalized spacial score (nSPS) is 10.9. The van der Waals surface area contributed by atoms with Gasteiger partial charge in [0.1, 0.15) is 5.01 Å². The second-order valence-corrected chi connectivity index (χ2v) is 7.64. The van der Waals surface area contributed by atoms with Gasteiger partial charge in [-0.1, -0.05) is 30.3 Å². The molecule has 1 aromatic carbocycles. The highest BCUT2D eigenvalue weighted by Crippen LogP contribution is 2.16. The molecule has 0 saturated heterocycles. The number of guanidine groups is 1. The number of benzene rings is 1. The Morgan fingerprint density at radius 2 is 1.93 bits per heavy atom. The van der Waals surface area contributed by atoms with Crippen LogP contribution in [0.3, 0.4) is 0 Å². The van der Waals surface area contributed by atoms with E-state index in [0.717, 1.165) is 22.8 Å². The van der Waals surface area contributed by atoms with Crippen molar-refractivity contribution in [3.63, 3.8) is 0 Å². The smallest absolute Gasteiger partial charge is 0.224 e. The summed E-state index contributed by atoms with van der Waals surface area (Å²) in [4.78, 5) is 24.4. The number of amides is 1. The number of nitrogens with one attached hydrogen (secondary N) is 2. The topological polar surface area (TPSA) is 69.6 Å². The van der Waals surface area contributed by atoms with Gasteiger partial charge in [-0.05, 0) is 26.3 Å². The second-order valence-electron chi connectivity index (χ2n) is 6.36. The van der Waals surface area contributed by atoms with E-state index in [0.29, 0.717) is 32.0 Å². The molecule has 0 atom stereocenters. The first-order valence-electron chi connectivity index (χ1n) is 9.22. The zero-order chi connectivity index (χ0) is 19.6. The van der Waals surface area contributed by atoms with Crippen LogP contribution in [-0.2, 0) is 17.9 Å². The molecule has 154 valence electrons. The molecule has 0 aliphatic carbocycles. The van der Waals surface area contributed by atoms with Crippen LogP contribution in [0.1, 0.15) is 34.5 Å². The Bertz CT molecular complexity index is 744. The molecule has 0 saturated carbocycles. The second kappa shape index (κ2) is 12.7. The lowest BCUT2D eigenvalue weighted by Gasteiger charge is -2.18. The summed E-state index contributed by atoms with van der Waals surface area (Å²) in [6.45, 7) is 8.57. The summed E-state index contributed by atoms with van der Waals surface area (Å²) in [5, 5.41) is 7.44. The summed E-state index contributed by atoms with van der Waals surface area (Å²) >= 11 is 1.67. The van der Waals surface area contributed by atoms with Gasteiger partial charge in [0.2, 0.25) is 5.91 Å². The van der Waals surface area contributed by atoms with Crippen molar-refractivity contribution >= 4 is 47.2 Å². The van der Waals surface area contributed by atoms with Crippen LogP contribution in [0, 0.1) is 13.8 Å². The Morgan fingerprint density at radius 3 is 2.54 bits per heavy atom. The summed E-state index contributed by atoms with van der Waals surface area (Å²) in [6, 6.07) is 10.0. The van der Waals surface area contributed by atoms with Gasteiger partial charge in [0.05, 0.1) is 12.2 Å². The molecule has 1 amide bonds. The minimum Gasteiger partial charge on any atom is -0.357 e. The molecule has 1 aromatic heterocycles. The van der Waals surface area contributed by atoms with Gasteiger partial charge in [0.15, 0.2) is 5.96 Å². The zero-order valence-corrected chi connectivity index (χ0v) is 20.1. The monoisotopic (exact) mass is 515 g/mol. The molecule has 6 nitrogen and oxygen atoms in total. The van der Waals surface area contributed by atoms with E-state index in [2.05, 4.69) is 27.5 Å². The molecule has 28 heavy (non-hydrogen) atoms. The molecule has 0 aliphatic rings. The molecular formula is C20H30IN5OS. The number of thiazole rings is 1. The lowest BCUT2D eigenvalue weighted by Crippen LogP contribution is -2.39. The van der Waals surface area contributed by atoms with Crippen LogP contribution < -0.4 is 10.6 Å². The first-order valence-corrected chi connectivity index (χ1v) is 10.0. The Hall–Kier alpha value is -1.68. The average molecular weight is 515 g/mol. The molecule has 1 heterocycles. The maximum absolute atomic E-state index is 12.3. The Labute approximate surface area is 188 Å². The first-order chi connectivity index (χ1) is 13.0. The van der Waals surface area contributed by atoms with Gasteiger partial charge in [-0.25, -0.2) is 9.98 Å². The van der Waals surface area contributed by atoms with E-state index in [9.17, 15) is 4.79 Å². The molecule has 0 radical (unpaired) electrons. The van der Waals surface area contributed by atoms with Crippen molar-refractivity contribution in [3.05, 3.63) is 51.5 Å². The molecule has 0 unspecified atom stereocenters. The predicted molar refractivity (Wildman–Crippen MR) is 127 cm³/mol. The van der Waals surface area contributed by atoms with Gasteiger partial charge < -0.3 is 15.5 Å². The molecule has 2 aromatic rings. The number of hydrogen-bond donors (Lipinski definition) is 2. The van der Waals surface area contributed by atoms with Gasteiger partial charge in [0, 0.05) is 38.0 Å². The highest BCUT2D eigenvalue weighted by Gasteiger charge is 2.09. The number of carbonyl (C=O) groups excluding carboxylic acids is 1.